The zero-order valence-electron chi connectivity index (χ0n) is 8.59. The van der Waals surface area contributed by atoms with Gasteiger partial charge < -0.3 is 15.2 Å². The van der Waals surface area contributed by atoms with Crippen molar-refractivity contribution in [2.75, 3.05) is 19.9 Å². The summed E-state index contributed by atoms with van der Waals surface area (Å²) < 4.78 is 10.8. The van der Waals surface area contributed by atoms with Gasteiger partial charge >= 0.3 is 0 Å². The third-order valence-electron chi connectivity index (χ3n) is 1.72. The van der Waals surface area contributed by atoms with Crippen molar-refractivity contribution in [1.29, 1.82) is 0 Å². The Morgan fingerprint density at radius 2 is 1.92 bits per heavy atom. The van der Waals surface area contributed by atoms with Crippen molar-refractivity contribution < 1.29 is 9.47 Å². The first-order valence-corrected chi connectivity index (χ1v) is 7.99. The molecule has 0 radical (unpaired) electrons. The molecule has 0 amide bonds. The summed E-state index contributed by atoms with van der Waals surface area (Å²) in [6.07, 6.45) is 0. The molecular formula is C8H21NO2Si. The molecule has 2 N–H and O–H groups in total. The van der Waals surface area contributed by atoms with Gasteiger partial charge in [-0.15, -0.1) is 0 Å². The summed E-state index contributed by atoms with van der Waals surface area (Å²) >= 11 is 0. The highest BCUT2D eigenvalue weighted by Gasteiger charge is 2.27. The smallest absolute Gasteiger partial charge is 0.0941 e. The van der Waals surface area contributed by atoms with E-state index in [2.05, 4.69) is 19.6 Å². The quantitative estimate of drug-likeness (QED) is 0.507. The largest absolute Gasteiger partial charge is 0.380 e. The van der Waals surface area contributed by atoms with E-state index in [-0.39, 0.29) is 12.5 Å². The summed E-state index contributed by atoms with van der Waals surface area (Å²) in [6, 6.07) is 0. The zero-order chi connectivity index (χ0) is 9.61. The summed E-state index contributed by atoms with van der Waals surface area (Å²) in [6.45, 7) is 10.5. The van der Waals surface area contributed by atoms with Gasteiger partial charge in [0.1, 0.15) is 0 Å². The Morgan fingerprint density at radius 1 is 1.33 bits per heavy atom. The van der Waals surface area contributed by atoms with E-state index in [0.29, 0.717) is 6.61 Å². The molecule has 0 aliphatic rings. The Kier molecular flexibility index (Phi) is 5.74. The molecule has 0 heterocycles. The van der Waals surface area contributed by atoms with Crippen LogP contribution in [0.3, 0.4) is 0 Å². The molecule has 3 nitrogen and oxygen atoms in total. The normalized spacial score (nSPS) is 14.8. The van der Waals surface area contributed by atoms with Crippen LogP contribution in [-0.2, 0) is 9.47 Å². The topological polar surface area (TPSA) is 44.5 Å². The molecule has 1 unspecified atom stereocenters. The van der Waals surface area contributed by atoms with Gasteiger partial charge in [0, 0.05) is 6.61 Å². The molecule has 0 aromatic rings. The molecule has 0 aromatic carbocycles. The molecule has 0 bridgehead atoms. The van der Waals surface area contributed by atoms with Gasteiger partial charge in [-0.3, -0.25) is 0 Å². The second-order valence-electron chi connectivity index (χ2n) is 3.85. The molecule has 0 fully saturated rings. The van der Waals surface area contributed by atoms with E-state index in [1.165, 1.54) is 0 Å². The first kappa shape index (κ1) is 12.1. The first-order chi connectivity index (χ1) is 5.52. The Labute approximate surface area is 76.2 Å². The number of nitrogens with two attached hydrogens (primary N) is 1. The Bertz CT molecular complexity index is 114. The molecule has 0 spiro atoms. The molecule has 0 aliphatic carbocycles. The van der Waals surface area contributed by atoms with E-state index in [1.54, 1.807) is 0 Å². The third-order valence-corrected chi connectivity index (χ3v) is 3.99. The number of ether oxygens (including phenoxy) is 2. The van der Waals surface area contributed by atoms with E-state index in [4.69, 9.17) is 15.2 Å². The van der Waals surface area contributed by atoms with Gasteiger partial charge in [0.05, 0.1) is 27.1 Å². The summed E-state index contributed by atoms with van der Waals surface area (Å²) in [5.41, 5.74) is 5.52. The lowest BCUT2D eigenvalue weighted by Crippen LogP contribution is -2.44. The van der Waals surface area contributed by atoms with E-state index >= 15 is 0 Å². The second kappa shape index (κ2) is 5.69. The minimum Gasteiger partial charge on any atom is -0.380 e. The molecule has 0 rings (SSSR count). The predicted molar refractivity (Wildman–Crippen MR) is 53.8 cm³/mol. The lowest BCUT2D eigenvalue weighted by Gasteiger charge is -2.28. The van der Waals surface area contributed by atoms with E-state index < -0.39 is 8.07 Å². The Morgan fingerprint density at radius 3 is 2.25 bits per heavy atom. The summed E-state index contributed by atoms with van der Waals surface area (Å²) in [5.74, 6) is 0. The van der Waals surface area contributed by atoms with Gasteiger partial charge in [0.15, 0.2) is 0 Å². The molecule has 0 saturated carbocycles. The van der Waals surface area contributed by atoms with Crippen LogP contribution in [0.1, 0.15) is 6.92 Å². The van der Waals surface area contributed by atoms with Crippen LogP contribution in [0.4, 0.5) is 0 Å². The van der Waals surface area contributed by atoms with Crippen molar-refractivity contribution in [1.82, 2.24) is 0 Å². The van der Waals surface area contributed by atoms with Gasteiger partial charge in [0.25, 0.3) is 0 Å². The summed E-state index contributed by atoms with van der Waals surface area (Å²) in [5, 5.41) is 0. The van der Waals surface area contributed by atoms with Crippen LogP contribution in [0, 0.1) is 0 Å². The minimum absolute atomic E-state index is 0.269. The molecule has 0 aromatic heterocycles. The lowest BCUT2D eigenvalue weighted by molar-refractivity contribution is 0.0267. The van der Waals surface area contributed by atoms with Crippen molar-refractivity contribution in [3.05, 3.63) is 0 Å². The van der Waals surface area contributed by atoms with Crippen LogP contribution >= 0.6 is 0 Å². The van der Waals surface area contributed by atoms with Crippen molar-refractivity contribution >= 4 is 8.07 Å². The van der Waals surface area contributed by atoms with Crippen molar-refractivity contribution in [2.24, 2.45) is 5.73 Å². The third kappa shape index (κ3) is 4.87. The van der Waals surface area contributed by atoms with Crippen LogP contribution in [0.2, 0.25) is 19.6 Å². The average molecular weight is 191 g/mol. The van der Waals surface area contributed by atoms with Crippen molar-refractivity contribution in [2.45, 2.75) is 32.3 Å². The number of hydrogen-bond acceptors (Lipinski definition) is 3. The van der Waals surface area contributed by atoms with Crippen molar-refractivity contribution in [3.63, 3.8) is 0 Å². The van der Waals surface area contributed by atoms with Crippen molar-refractivity contribution in [3.8, 4) is 0 Å². The van der Waals surface area contributed by atoms with Crippen LogP contribution in [-0.4, -0.2) is 33.7 Å². The fourth-order valence-corrected chi connectivity index (χ4v) is 2.21. The van der Waals surface area contributed by atoms with Crippen LogP contribution in [0.15, 0.2) is 0 Å². The summed E-state index contributed by atoms with van der Waals surface area (Å²) in [7, 11) is -1.25. The molecule has 12 heavy (non-hydrogen) atoms. The summed E-state index contributed by atoms with van der Waals surface area (Å²) in [4.78, 5) is 0. The highest BCUT2D eigenvalue weighted by atomic mass is 28.3. The molecule has 0 saturated heterocycles. The zero-order valence-corrected chi connectivity index (χ0v) is 9.59. The van der Waals surface area contributed by atoms with Crippen LogP contribution in [0.25, 0.3) is 0 Å². The van der Waals surface area contributed by atoms with Crippen LogP contribution < -0.4 is 5.73 Å². The van der Waals surface area contributed by atoms with E-state index in [9.17, 15) is 0 Å². The van der Waals surface area contributed by atoms with Crippen LogP contribution in [0.5, 0.6) is 0 Å². The SMILES string of the molecule is CCOC(COCN)[Si](C)(C)C. The standard InChI is InChI=1S/C8H21NO2Si/c1-5-11-8(6-10-7-9)12(2,3)4/h8H,5-7,9H2,1-4H3. The first-order valence-electron chi connectivity index (χ1n) is 4.41. The molecule has 74 valence electrons. The maximum atomic E-state index is 5.59. The number of rotatable bonds is 6. The Hall–Kier alpha value is 0.0969. The van der Waals surface area contributed by atoms with E-state index in [1.807, 2.05) is 6.92 Å². The fraction of sp³-hybridized carbons (Fsp3) is 1.00. The molecule has 4 heteroatoms. The monoisotopic (exact) mass is 191 g/mol. The lowest BCUT2D eigenvalue weighted by atomic mass is 10.7. The average Bonchev–Trinajstić information content (AvgIpc) is 1.95. The fourth-order valence-electron chi connectivity index (χ4n) is 0.924. The maximum absolute atomic E-state index is 5.59. The molecular weight excluding hydrogens is 170 g/mol. The number of hydrogen-bond donors (Lipinski definition) is 1. The molecule has 0 aliphatic heterocycles. The minimum atomic E-state index is -1.25. The predicted octanol–water partition coefficient (Wildman–Crippen LogP) is 1.20. The Balaban J connectivity index is 3.86. The van der Waals surface area contributed by atoms with Gasteiger partial charge in [0.2, 0.25) is 0 Å². The van der Waals surface area contributed by atoms with Gasteiger partial charge in [-0.1, -0.05) is 19.6 Å². The highest BCUT2D eigenvalue weighted by molar-refractivity contribution is 6.77. The second-order valence-corrected chi connectivity index (χ2v) is 9.22. The van der Waals surface area contributed by atoms with Gasteiger partial charge in [-0.05, 0) is 6.92 Å². The van der Waals surface area contributed by atoms with E-state index in [0.717, 1.165) is 6.61 Å². The van der Waals surface area contributed by atoms with Gasteiger partial charge in [-0.25, -0.2) is 0 Å². The highest BCUT2D eigenvalue weighted by Crippen LogP contribution is 2.11. The van der Waals surface area contributed by atoms with Gasteiger partial charge in [-0.2, -0.15) is 0 Å². The molecule has 1 atom stereocenters. The maximum Gasteiger partial charge on any atom is 0.0941 e.